The van der Waals surface area contributed by atoms with Crippen molar-refractivity contribution in [3.63, 3.8) is 0 Å². The van der Waals surface area contributed by atoms with Gasteiger partial charge in [0.15, 0.2) is 16.8 Å². The van der Waals surface area contributed by atoms with E-state index in [1.165, 1.54) is 23.9 Å². The summed E-state index contributed by atoms with van der Waals surface area (Å²) in [5.74, 6) is 2.07. The quantitative estimate of drug-likeness (QED) is 0.464. The first-order valence-electron chi connectivity index (χ1n) is 8.45. The third kappa shape index (κ3) is 3.75. The lowest BCUT2D eigenvalue weighted by Gasteiger charge is -2.09. The van der Waals surface area contributed by atoms with Crippen molar-refractivity contribution in [2.24, 2.45) is 0 Å². The molecule has 0 atom stereocenters. The fourth-order valence-corrected chi connectivity index (χ4v) is 3.37. The van der Waals surface area contributed by atoms with Gasteiger partial charge in [0.05, 0.1) is 5.75 Å². The molecular weight excluding hydrogens is 365 g/mol. The largest absolute Gasteiger partial charge is 0.338 e. The van der Waals surface area contributed by atoms with E-state index in [2.05, 4.69) is 20.3 Å². The average molecular weight is 381 g/mol. The number of benzene rings is 2. The molecule has 4 aromatic rings. The number of hydrogen-bond donors (Lipinski definition) is 0. The molecule has 0 fully saturated rings. The van der Waals surface area contributed by atoms with Crippen molar-refractivity contribution in [1.82, 2.24) is 24.9 Å². The van der Waals surface area contributed by atoms with Gasteiger partial charge in [0.25, 0.3) is 0 Å². The molecule has 136 valence electrons. The highest BCUT2D eigenvalue weighted by molar-refractivity contribution is 7.98. The first-order chi connectivity index (χ1) is 13.2. The molecule has 2 heterocycles. The van der Waals surface area contributed by atoms with Gasteiger partial charge in [-0.25, -0.2) is 4.39 Å². The zero-order valence-corrected chi connectivity index (χ0v) is 15.4. The van der Waals surface area contributed by atoms with Crippen LogP contribution in [0.4, 0.5) is 4.39 Å². The molecule has 0 bridgehead atoms. The molecule has 27 heavy (non-hydrogen) atoms. The van der Waals surface area contributed by atoms with E-state index in [1.807, 2.05) is 41.8 Å². The second-order valence-electron chi connectivity index (χ2n) is 5.73. The van der Waals surface area contributed by atoms with Crippen LogP contribution < -0.4 is 0 Å². The molecule has 0 aliphatic heterocycles. The van der Waals surface area contributed by atoms with Crippen LogP contribution in [0.5, 0.6) is 0 Å². The van der Waals surface area contributed by atoms with Crippen molar-refractivity contribution in [1.29, 1.82) is 0 Å². The fourth-order valence-electron chi connectivity index (χ4n) is 2.58. The van der Waals surface area contributed by atoms with Gasteiger partial charge >= 0.3 is 0 Å². The molecule has 0 radical (unpaired) electrons. The molecule has 0 unspecified atom stereocenters. The van der Waals surface area contributed by atoms with E-state index in [-0.39, 0.29) is 5.82 Å². The summed E-state index contributed by atoms with van der Waals surface area (Å²) >= 11 is 1.46. The second kappa shape index (κ2) is 7.71. The molecule has 0 N–H and O–H groups in total. The standard InChI is InChI=1S/C19H16FN5OS/c1-2-16-21-17(26-24-16)12-27-19-23-22-18(13-8-10-14(20)11-9-13)25(19)15-6-4-3-5-7-15/h3-11H,2,12H2,1H3. The summed E-state index contributed by atoms with van der Waals surface area (Å²) in [5, 5.41) is 13.3. The number of para-hydroxylation sites is 1. The highest BCUT2D eigenvalue weighted by atomic mass is 32.2. The summed E-state index contributed by atoms with van der Waals surface area (Å²) in [6.07, 6.45) is 0.725. The molecule has 0 spiro atoms. The van der Waals surface area contributed by atoms with Crippen LogP contribution in [0.15, 0.2) is 64.3 Å². The van der Waals surface area contributed by atoms with Crippen LogP contribution >= 0.6 is 11.8 Å². The Kier molecular flexibility index (Phi) is 4.97. The Bertz CT molecular complexity index is 1030. The third-order valence-electron chi connectivity index (χ3n) is 3.90. The van der Waals surface area contributed by atoms with E-state index in [1.54, 1.807) is 12.1 Å². The number of rotatable bonds is 6. The minimum absolute atomic E-state index is 0.290. The SMILES string of the molecule is CCc1noc(CSc2nnc(-c3ccc(F)cc3)n2-c2ccccc2)n1. The van der Waals surface area contributed by atoms with Crippen LogP contribution in [0.25, 0.3) is 17.1 Å². The maximum Gasteiger partial charge on any atom is 0.237 e. The minimum atomic E-state index is -0.290. The Labute approximate surface area is 159 Å². The molecular formula is C19H16FN5OS. The van der Waals surface area contributed by atoms with Crippen molar-refractivity contribution in [3.05, 3.63) is 72.1 Å². The first-order valence-corrected chi connectivity index (χ1v) is 9.44. The van der Waals surface area contributed by atoms with Gasteiger partial charge in [-0.1, -0.05) is 42.0 Å². The van der Waals surface area contributed by atoms with E-state index in [4.69, 9.17) is 4.52 Å². The van der Waals surface area contributed by atoms with Crippen molar-refractivity contribution in [3.8, 4) is 17.1 Å². The van der Waals surface area contributed by atoms with Crippen LogP contribution in [0.2, 0.25) is 0 Å². The lowest BCUT2D eigenvalue weighted by atomic mass is 10.2. The number of halogens is 1. The van der Waals surface area contributed by atoms with Gasteiger partial charge in [0.1, 0.15) is 5.82 Å². The van der Waals surface area contributed by atoms with E-state index >= 15 is 0 Å². The Hall–Kier alpha value is -3.00. The molecule has 0 aliphatic rings. The Morgan fingerprint density at radius 3 is 2.52 bits per heavy atom. The molecule has 8 heteroatoms. The van der Waals surface area contributed by atoms with Crippen molar-refractivity contribution in [2.45, 2.75) is 24.3 Å². The fraction of sp³-hybridized carbons (Fsp3) is 0.158. The summed E-state index contributed by atoms with van der Waals surface area (Å²) < 4.78 is 20.5. The van der Waals surface area contributed by atoms with Gasteiger partial charge in [-0.3, -0.25) is 4.57 Å². The molecule has 0 saturated heterocycles. The van der Waals surface area contributed by atoms with Gasteiger partial charge in [-0.2, -0.15) is 4.98 Å². The van der Waals surface area contributed by atoms with Crippen LogP contribution in [0.1, 0.15) is 18.6 Å². The lowest BCUT2D eigenvalue weighted by Crippen LogP contribution is -1.99. The summed E-state index contributed by atoms with van der Waals surface area (Å²) in [4.78, 5) is 4.32. The predicted octanol–water partition coefficient (Wildman–Crippen LogP) is 4.31. The Morgan fingerprint density at radius 2 is 1.81 bits per heavy atom. The number of hydrogen-bond acceptors (Lipinski definition) is 6. The second-order valence-corrected chi connectivity index (χ2v) is 6.67. The van der Waals surface area contributed by atoms with Crippen LogP contribution in [-0.2, 0) is 12.2 Å². The maximum absolute atomic E-state index is 13.3. The van der Waals surface area contributed by atoms with E-state index in [9.17, 15) is 4.39 Å². The molecule has 6 nitrogen and oxygen atoms in total. The number of aryl methyl sites for hydroxylation is 1. The van der Waals surface area contributed by atoms with Crippen LogP contribution in [-0.4, -0.2) is 24.9 Å². The van der Waals surface area contributed by atoms with Crippen molar-refractivity contribution < 1.29 is 8.91 Å². The topological polar surface area (TPSA) is 69.6 Å². The predicted molar refractivity (Wildman–Crippen MR) is 100.0 cm³/mol. The van der Waals surface area contributed by atoms with E-state index < -0.39 is 0 Å². The average Bonchev–Trinajstić information content (AvgIpc) is 3.34. The van der Waals surface area contributed by atoms with Crippen molar-refractivity contribution in [2.75, 3.05) is 0 Å². The lowest BCUT2D eigenvalue weighted by molar-refractivity contribution is 0.385. The number of aromatic nitrogens is 5. The highest BCUT2D eigenvalue weighted by Crippen LogP contribution is 2.29. The van der Waals surface area contributed by atoms with Gasteiger partial charge in [-0.05, 0) is 36.4 Å². The third-order valence-corrected chi connectivity index (χ3v) is 4.82. The monoisotopic (exact) mass is 381 g/mol. The Morgan fingerprint density at radius 1 is 1.04 bits per heavy atom. The van der Waals surface area contributed by atoms with Gasteiger partial charge in [-0.15, -0.1) is 10.2 Å². The smallest absolute Gasteiger partial charge is 0.237 e. The normalized spacial score (nSPS) is 11.0. The Balaban J connectivity index is 1.69. The summed E-state index contributed by atoms with van der Waals surface area (Å²) in [7, 11) is 0. The van der Waals surface area contributed by atoms with Gasteiger partial charge < -0.3 is 4.52 Å². The van der Waals surface area contributed by atoms with Gasteiger partial charge in [0, 0.05) is 17.7 Å². The minimum Gasteiger partial charge on any atom is -0.338 e. The highest BCUT2D eigenvalue weighted by Gasteiger charge is 2.17. The molecule has 0 amide bonds. The number of thioether (sulfide) groups is 1. The van der Waals surface area contributed by atoms with Crippen molar-refractivity contribution >= 4 is 11.8 Å². The number of nitrogens with zero attached hydrogens (tertiary/aromatic N) is 5. The van der Waals surface area contributed by atoms with Crippen LogP contribution in [0, 0.1) is 5.82 Å². The van der Waals surface area contributed by atoms with Crippen LogP contribution in [0.3, 0.4) is 0 Å². The molecule has 0 saturated carbocycles. The summed E-state index contributed by atoms with van der Waals surface area (Å²) in [6.45, 7) is 1.97. The summed E-state index contributed by atoms with van der Waals surface area (Å²) in [5.41, 5.74) is 1.70. The molecule has 4 rings (SSSR count). The zero-order valence-electron chi connectivity index (χ0n) is 14.5. The molecule has 0 aliphatic carbocycles. The van der Waals surface area contributed by atoms with Gasteiger partial charge in [0.2, 0.25) is 5.89 Å². The van der Waals surface area contributed by atoms with E-state index in [0.717, 1.165) is 17.7 Å². The molecule has 2 aromatic carbocycles. The zero-order chi connectivity index (χ0) is 18.6. The molecule has 2 aromatic heterocycles. The summed E-state index contributed by atoms with van der Waals surface area (Å²) in [6, 6.07) is 16.0. The first kappa shape index (κ1) is 17.4. The van der Waals surface area contributed by atoms with E-state index in [0.29, 0.717) is 28.4 Å². The maximum atomic E-state index is 13.3.